The van der Waals surface area contributed by atoms with Gasteiger partial charge in [-0.25, -0.2) is 4.98 Å². The second-order valence-corrected chi connectivity index (χ2v) is 2.21. The average Bonchev–Trinajstić information content (AvgIpc) is 2.38. The number of hydrogen-bond donors (Lipinski definition) is 2. The molecule has 54 valence electrons. The molecule has 0 saturated carbocycles. The Morgan fingerprint density at radius 2 is 2.70 bits per heavy atom. The van der Waals surface area contributed by atoms with E-state index in [1.165, 1.54) is 0 Å². The van der Waals surface area contributed by atoms with Gasteiger partial charge in [-0.2, -0.15) is 0 Å². The Hall–Kier alpha value is -0.900. The Kier molecular flexibility index (Phi) is 2.39. The Morgan fingerprint density at radius 1 is 1.90 bits per heavy atom. The van der Waals surface area contributed by atoms with E-state index in [9.17, 15) is 0 Å². The van der Waals surface area contributed by atoms with Crippen LogP contribution in [-0.4, -0.2) is 21.5 Å². The molecule has 0 fully saturated rings. The van der Waals surface area contributed by atoms with Gasteiger partial charge in [-0.1, -0.05) is 12.2 Å². The fourth-order valence-corrected chi connectivity index (χ4v) is 0.890. The maximum atomic E-state index is 4.97. The highest BCUT2D eigenvalue weighted by molar-refractivity contribution is 7.80. The second-order valence-electron chi connectivity index (χ2n) is 1.80. The smallest absolute Gasteiger partial charge is 0.164 e. The molecular formula is C6H9N3S. The Morgan fingerprint density at radius 3 is 3.20 bits per heavy atom. The van der Waals surface area contributed by atoms with Crippen LogP contribution in [0.25, 0.3) is 0 Å². The minimum absolute atomic E-state index is 0.674. The lowest BCUT2D eigenvalue weighted by Gasteiger charge is -1.99. The molecular weight excluding hydrogens is 146 g/mol. The Bertz CT molecular complexity index is 205. The number of thiocarbonyl (C=S) groups is 1. The molecule has 1 aromatic rings. The number of hydrogen-bond acceptors (Lipinski definition) is 2. The largest absolute Gasteiger partial charge is 0.374 e. The van der Waals surface area contributed by atoms with Gasteiger partial charge in [-0.3, -0.25) is 0 Å². The van der Waals surface area contributed by atoms with Gasteiger partial charge in [0, 0.05) is 18.9 Å². The predicted octanol–water partition coefficient (Wildman–Crippen LogP) is 0.695. The normalized spacial score (nSPS) is 9.30. The number of imidazole rings is 1. The molecule has 0 aliphatic heterocycles. The lowest BCUT2D eigenvalue weighted by atomic mass is 10.6. The number of aromatic amines is 1. The third-order valence-corrected chi connectivity index (χ3v) is 1.39. The summed E-state index contributed by atoms with van der Waals surface area (Å²) in [5, 5.41) is 2.99. The fraction of sp³-hybridized carbons (Fsp3) is 0.333. The van der Waals surface area contributed by atoms with Crippen LogP contribution in [0, 0.1) is 0 Å². The molecule has 0 bridgehead atoms. The number of aromatic nitrogens is 2. The van der Waals surface area contributed by atoms with Gasteiger partial charge in [-0.05, 0) is 6.92 Å². The van der Waals surface area contributed by atoms with Crippen LogP contribution in [0.5, 0.6) is 0 Å². The van der Waals surface area contributed by atoms with Gasteiger partial charge >= 0.3 is 0 Å². The van der Waals surface area contributed by atoms with Crippen LogP contribution in [-0.2, 0) is 0 Å². The molecule has 0 amide bonds. The summed E-state index contributed by atoms with van der Waals surface area (Å²) in [5.74, 6) is 0.733. The highest BCUT2D eigenvalue weighted by atomic mass is 32.1. The van der Waals surface area contributed by atoms with Crippen molar-refractivity contribution in [3.05, 3.63) is 18.2 Å². The SMILES string of the molecule is CCNC(=S)c1ncc[nH]1. The standard InChI is InChI=1S/C6H9N3S/c1-2-7-6(10)5-8-3-4-9-5/h3-4H,2H2,1H3,(H,7,10)(H,8,9). The lowest BCUT2D eigenvalue weighted by molar-refractivity contribution is 0.971. The Labute approximate surface area is 64.9 Å². The Balaban J connectivity index is 2.59. The van der Waals surface area contributed by atoms with E-state index in [4.69, 9.17) is 12.2 Å². The summed E-state index contributed by atoms with van der Waals surface area (Å²) < 4.78 is 0. The van der Waals surface area contributed by atoms with Crippen LogP contribution in [0.3, 0.4) is 0 Å². The summed E-state index contributed by atoms with van der Waals surface area (Å²) in [4.78, 5) is 7.56. The number of nitrogens with zero attached hydrogens (tertiary/aromatic N) is 1. The summed E-state index contributed by atoms with van der Waals surface area (Å²) >= 11 is 4.97. The first-order valence-electron chi connectivity index (χ1n) is 3.12. The van der Waals surface area contributed by atoms with Crippen molar-refractivity contribution in [3.63, 3.8) is 0 Å². The van der Waals surface area contributed by atoms with Crippen molar-refractivity contribution in [2.75, 3.05) is 6.54 Å². The first kappa shape index (κ1) is 7.21. The first-order valence-corrected chi connectivity index (χ1v) is 3.53. The van der Waals surface area contributed by atoms with Crippen molar-refractivity contribution in [2.45, 2.75) is 6.92 Å². The molecule has 0 aromatic carbocycles. The molecule has 1 aromatic heterocycles. The zero-order chi connectivity index (χ0) is 7.40. The summed E-state index contributed by atoms with van der Waals surface area (Å²) in [5.41, 5.74) is 0. The minimum Gasteiger partial charge on any atom is -0.374 e. The summed E-state index contributed by atoms with van der Waals surface area (Å²) in [6.07, 6.45) is 3.43. The molecule has 0 aliphatic rings. The molecule has 0 radical (unpaired) electrons. The number of rotatable bonds is 2. The molecule has 4 heteroatoms. The quantitative estimate of drug-likeness (QED) is 0.617. The molecule has 0 unspecified atom stereocenters. The van der Waals surface area contributed by atoms with E-state index in [1.807, 2.05) is 6.92 Å². The van der Waals surface area contributed by atoms with E-state index >= 15 is 0 Å². The van der Waals surface area contributed by atoms with Gasteiger partial charge in [0.2, 0.25) is 0 Å². The van der Waals surface area contributed by atoms with Gasteiger partial charge in [0.1, 0.15) is 4.99 Å². The second kappa shape index (κ2) is 3.31. The number of H-pyrrole nitrogens is 1. The number of nitrogens with one attached hydrogen (secondary N) is 2. The molecule has 1 rings (SSSR count). The van der Waals surface area contributed by atoms with Crippen molar-refractivity contribution in [1.29, 1.82) is 0 Å². The van der Waals surface area contributed by atoms with E-state index < -0.39 is 0 Å². The van der Waals surface area contributed by atoms with E-state index in [1.54, 1.807) is 12.4 Å². The predicted molar refractivity (Wildman–Crippen MR) is 44.0 cm³/mol. The van der Waals surface area contributed by atoms with Crippen LogP contribution in [0.4, 0.5) is 0 Å². The van der Waals surface area contributed by atoms with Crippen molar-refractivity contribution >= 4 is 17.2 Å². The van der Waals surface area contributed by atoms with Gasteiger partial charge in [0.25, 0.3) is 0 Å². The molecule has 0 spiro atoms. The van der Waals surface area contributed by atoms with Crippen LogP contribution in [0.15, 0.2) is 12.4 Å². The summed E-state index contributed by atoms with van der Waals surface area (Å²) in [7, 11) is 0. The van der Waals surface area contributed by atoms with Crippen LogP contribution >= 0.6 is 12.2 Å². The van der Waals surface area contributed by atoms with Crippen molar-refractivity contribution in [2.24, 2.45) is 0 Å². The fourth-order valence-electron chi connectivity index (χ4n) is 0.634. The van der Waals surface area contributed by atoms with Gasteiger partial charge in [0.15, 0.2) is 5.82 Å². The average molecular weight is 155 g/mol. The van der Waals surface area contributed by atoms with Gasteiger partial charge in [-0.15, -0.1) is 0 Å². The molecule has 0 saturated heterocycles. The molecule has 2 N–H and O–H groups in total. The third kappa shape index (κ3) is 1.54. The highest BCUT2D eigenvalue weighted by Gasteiger charge is 1.98. The first-order chi connectivity index (χ1) is 4.84. The molecule has 1 heterocycles. The summed E-state index contributed by atoms with van der Waals surface area (Å²) in [6, 6.07) is 0. The van der Waals surface area contributed by atoms with Crippen LogP contribution in [0.2, 0.25) is 0 Å². The van der Waals surface area contributed by atoms with E-state index in [0.29, 0.717) is 4.99 Å². The van der Waals surface area contributed by atoms with Gasteiger partial charge < -0.3 is 10.3 Å². The monoisotopic (exact) mass is 155 g/mol. The van der Waals surface area contributed by atoms with Crippen molar-refractivity contribution < 1.29 is 0 Å². The molecule has 3 nitrogen and oxygen atoms in total. The van der Waals surface area contributed by atoms with Crippen molar-refractivity contribution in [3.8, 4) is 0 Å². The van der Waals surface area contributed by atoms with E-state index in [2.05, 4.69) is 15.3 Å². The molecule has 0 atom stereocenters. The molecule has 0 aliphatic carbocycles. The molecule has 10 heavy (non-hydrogen) atoms. The zero-order valence-corrected chi connectivity index (χ0v) is 6.53. The van der Waals surface area contributed by atoms with Crippen LogP contribution < -0.4 is 5.32 Å². The zero-order valence-electron chi connectivity index (χ0n) is 5.72. The van der Waals surface area contributed by atoms with Gasteiger partial charge in [0.05, 0.1) is 0 Å². The lowest BCUT2D eigenvalue weighted by Crippen LogP contribution is -2.22. The maximum absolute atomic E-state index is 4.97. The minimum atomic E-state index is 0.674. The maximum Gasteiger partial charge on any atom is 0.164 e. The van der Waals surface area contributed by atoms with E-state index in [-0.39, 0.29) is 0 Å². The summed E-state index contributed by atoms with van der Waals surface area (Å²) in [6.45, 7) is 2.83. The topological polar surface area (TPSA) is 40.7 Å². The highest BCUT2D eigenvalue weighted by Crippen LogP contribution is 1.88. The van der Waals surface area contributed by atoms with Crippen LogP contribution in [0.1, 0.15) is 12.7 Å². The third-order valence-electron chi connectivity index (χ3n) is 1.05. The van der Waals surface area contributed by atoms with E-state index in [0.717, 1.165) is 12.4 Å². The van der Waals surface area contributed by atoms with Crippen molar-refractivity contribution in [1.82, 2.24) is 15.3 Å².